The van der Waals surface area contributed by atoms with Gasteiger partial charge in [-0.1, -0.05) is 38.1 Å². The van der Waals surface area contributed by atoms with Gasteiger partial charge >= 0.3 is 0 Å². The van der Waals surface area contributed by atoms with Crippen LogP contribution < -0.4 is 5.32 Å². The smallest absolute Gasteiger partial charge is 0.250 e. The van der Waals surface area contributed by atoms with Crippen LogP contribution in [0.5, 0.6) is 0 Å². The maximum Gasteiger partial charge on any atom is 0.250 e. The van der Waals surface area contributed by atoms with E-state index in [0.717, 1.165) is 5.56 Å². The van der Waals surface area contributed by atoms with Crippen LogP contribution >= 0.6 is 0 Å². The summed E-state index contributed by atoms with van der Waals surface area (Å²) in [5.74, 6) is 0.663. The Morgan fingerprint density at radius 3 is 2.33 bits per heavy atom. The molecule has 0 radical (unpaired) electrons. The van der Waals surface area contributed by atoms with E-state index in [1.165, 1.54) is 10.4 Å². The summed E-state index contributed by atoms with van der Waals surface area (Å²) in [6.07, 6.45) is 0. The lowest BCUT2D eigenvalue weighted by molar-refractivity contribution is -0.119. The van der Waals surface area contributed by atoms with Crippen molar-refractivity contribution in [3.05, 3.63) is 59.7 Å². The zero-order chi connectivity index (χ0) is 19.4. The molecule has 0 bridgehead atoms. The summed E-state index contributed by atoms with van der Waals surface area (Å²) < 4.78 is 0. The maximum atomic E-state index is 12.4. The van der Waals surface area contributed by atoms with Gasteiger partial charge in [-0.3, -0.25) is 4.79 Å². The standard InChI is InChI=1S/C20H20N6O/c1-13(2)16-6-8-17(9-7-16)19-23-25-26(24-19)14(3)20(27)22-18-10-4-15(12-21)5-11-18/h4-11,13-14H,1-3H3,(H,22,27)/t14-/m1/s1. The van der Waals surface area contributed by atoms with E-state index in [0.29, 0.717) is 23.0 Å². The van der Waals surface area contributed by atoms with Crippen LogP contribution in [0.25, 0.3) is 11.4 Å². The Bertz CT molecular complexity index is 967. The van der Waals surface area contributed by atoms with Gasteiger partial charge in [-0.25, -0.2) is 0 Å². The van der Waals surface area contributed by atoms with Gasteiger partial charge in [-0.2, -0.15) is 10.1 Å². The Labute approximate surface area is 157 Å². The average Bonchev–Trinajstić information content (AvgIpc) is 3.18. The topological polar surface area (TPSA) is 96.5 Å². The van der Waals surface area contributed by atoms with Gasteiger partial charge in [0.2, 0.25) is 5.82 Å². The summed E-state index contributed by atoms with van der Waals surface area (Å²) in [5.41, 5.74) is 3.23. The van der Waals surface area contributed by atoms with Crippen molar-refractivity contribution >= 4 is 11.6 Å². The second-order valence-corrected chi connectivity index (χ2v) is 6.56. The molecule has 0 saturated carbocycles. The summed E-state index contributed by atoms with van der Waals surface area (Å²) in [5, 5.41) is 24.0. The monoisotopic (exact) mass is 360 g/mol. The van der Waals surface area contributed by atoms with Crippen molar-refractivity contribution in [2.45, 2.75) is 32.7 Å². The van der Waals surface area contributed by atoms with Gasteiger partial charge in [0.15, 0.2) is 0 Å². The van der Waals surface area contributed by atoms with E-state index in [4.69, 9.17) is 5.26 Å². The van der Waals surface area contributed by atoms with Gasteiger partial charge in [0.05, 0.1) is 11.6 Å². The summed E-state index contributed by atoms with van der Waals surface area (Å²) >= 11 is 0. The van der Waals surface area contributed by atoms with E-state index < -0.39 is 6.04 Å². The van der Waals surface area contributed by atoms with Gasteiger partial charge in [-0.05, 0) is 47.9 Å². The SMILES string of the molecule is CC(C)c1ccc(-c2nnn([C@H](C)C(=O)Nc3ccc(C#N)cc3)n2)cc1. The fourth-order valence-corrected chi connectivity index (χ4v) is 2.50. The molecular formula is C20H20N6O. The van der Waals surface area contributed by atoms with Gasteiger partial charge in [0.1, 0.15) is 6.04 Å². The third kappa shape index (κ3) is 4.18. The molecule has 3 aromatic rings. The number of carbonyl (C=O) groups is 1. The number of nitriles is 1. The number of anilines is 1. The number of aromatic nitrogens is 4. The van der Waals surface area contributed by atoms with E-state index in [1.54, 1.807) is 31.2 Å². The molecule has 27 heavy (non-hydrogen) atoms. The number of hydrogen-bond acceptors (Lipinski definition) is 5. The van der Waals surface area contributed by atoms with Crippen LogP contribution in [-0.2, 0) is 4.79 Å². The number of benzene rings is 2. The molecule has 1 amide bonds. The lowest BCUT2D eigenvalue weighted by atomic mass is 10.0. The molecule has 0 unspecified atom stereocenters. The number of carbonyl (C=O) groups excluding carboxylic acids is 1. The molecule has 0 aliphatic rings. The van der Waals surface area contributed by atoms with Crippen LogP contribution in [0.2, 0.25) is 0 Å². The summed E-state index contributed by atoms with van der Waals surface area (Å²) in [4.78, 5) is 13.7. The van der Waals surface area contributed by atoms with Crippen molar-refractivity contribution in [3.63, 3.8) is 0 Å². The Kier molecular flexibility index (Phi) is 5.27. The average molecular weight is 360 g/mol. The highest BCUT2D eigenvalue weighted by Crippen LogP contribution is 2.20. The number of amides is 1. The fraction of sp³-hybridized carbons (Fsp3) is 0.250. The van der Waals surface area contributed by atoms with Crippen molar-refractivity contribution in [2.24, 2.45) is 0 Å². The van der Waals surface area contributed by atoms with Gasteiger partial charge in [-0.15, -0.1) is 10.2 Å². The van der Waals surface area contributed by atoms with Gasteiger partial charge < -0.3 is 5.32 Å². The zero-order valence-electron chi connectivity index (χ0n) is 15.4. The lowest BCUT2D eigenvalue weighted by Gasteiger charge is -2.10. The molecule has 1 N–H and O–H groups in total. The zero-order valence-corrected chi connectivity index (χ0v) is 15.4. The molecule has 1 aromatic heterocycles. The van der Waals surface area contributed by atoms with E-state index in [1.807, 2.05) is 30.3 Å². The van der Waals surface area contributed by atoms with Crippen molar-refractivity contribution in [3.8, 4) is 17.5 Å². The highest BCUT2D eigenvalue weighted by molar-refractivity contribution is 5.93. The first kappa shape index (κ1) is 18.3. The Morgan fingerprint density at radius 2 is 1.74 bits per heavy atom. The number of rotatable bonds is 5. The molecule has 1 atom stereocenters. The van der Waals surface area contributed by atoms with Gasteiger partial charge in [0, 0.05) is 11.3 Å². The molecule has 7 heteroatoms. The second-order valence-electron chi connectivity index (χ2n) is 6.56. The van der Waals surface area contributed by atoms with Crippen LogP contribution in [0.1, 0.15) is 43.9 Å². The first-order valence-corrected chi connectivity index (χ1v) is 8.69. The first-order chi connectivity index (χ1) is 13.0. The van der Waals surface area contributed by atoms with Crippen molar-refractivity contribution in [1.82, 2.24) is 20.2 Å². The molecule has 136 valence electrons. The third-order valence-corrected chi connectivity index (χ3v) is 4.27. The normalized spacial score (nSPS) is 11.8. The molecule has 0 saturated heterocycles. The summed E-state index contributed by atoms with van der Waals surface area (Å²) in [6.45, 7) is 5.97. The quantitative estimate of drug-likeness (QED) is 0.751. The largest absolute Gasteiger partial charge is 0.324 e. The summed E-state index contributed by atoms with van der Waals surface area (Å²) in [7, 11) is 0. The van der Waals surface area contributed by atoms with Crippen molar-refractivity contribution in [1.29, 1.82) is 5.26 Å². The van der Waals surface area contributed by atoms with Crippen LogP contribution in [0.15, 0.2) is 48.5 Å². The Hall–Kier alpha value is -3.53. The van der Waals surface area contributed by atoms with Crippen molar-refractivity contribution in [2.75, 3.05) is 5.32 Å². The van der Waals surface area contributed by atoms with Gasteiger partial charge in [0.25, 0.3) is 5.91 Å². The number of tetrazole rings is 1. The van der Waals surface area contributed by atoms with Crippen LogP contribution in [0, 0.1) is 11.3 Å². The second kappa shape index (κ2) is 7.79. The molecule has 0 spiro atoms. The molecule has 2 aromatic carbocycles. The molecule has 7 nitrogen and oxygen atoms in total. The fourth-order valence-electron chi connectivity index (χ4n) is 2.50. The minimum absolute atomic E-state index is 0.265. The molecule has 0 fully saturated rings. The minimum Gasteiger partial charge on any atom is -0.324 e. The highest BCUT2D eigenvalue weighted by Gasteiger charge is 2.19. The maximum absolute atomic E-state index is 12.4. The number of nitrogens with zero attached hydrogens (tertiary/aromatic N) is 5. The molecular weight excluding hydrogens is 340 g/mol. The van der Waals surface area contributed by atoms with Crippen LogP contribution in [0.4, 0.5) is 5.69 Å². The van der Waals surface area contributed by atoms with Crippen LogP contribution in [0.3, 0.4) is 0 Å². The molecule has 1 heterocycles. The predicted molar refractivity (Wildman–Crippen MR) is 102 cm³/mol. The first-order valence-electron chi connectivity index (χ1n) is 8.69. The molecule has 3 rings (SSSR count). The minimum atomic E-state index is -0.628. The molecule has 0 aliphatic heterocycles. The highest BCUT2D eigenvalue weighted by atomic mass is 16.2. The van der Waals surface area contributed by atoms with E-state index in [9.17, 15) is 4.79 Å². The lowest BCUT2D eigenvalue weighted by Crippen LogP contribution is -2.25. The third-order valence-electron chi connectivity index (χ3n) is 4.27. The van der Waals surface area contributed by atoms with Crippen molar-refractivity contribution < 1.29 is 4.79 Å². The van der Waals surface area contributed by atoms with E-state index in [2.05, 4.69) is 34.6 Å². The Balaban J connectivity index is 1.70. The predicted octanol–water partition coefficient (Wildman–Crippen LogP) is 3.53. The molecule has 0 aliphatic carbocycles. The van der Waals surface area contributed by atoms with E-state index >= 15 is 0 Å². The number of nitrogens with one attached hydrogen (secondary N) is 1. The number of hydrogen-bond donors (Lipinski definition) is 1. The Morgan fingerprint density at radius 1 is 1.07 bits per heavy atom. The van der Waals surface area contributed by atoms with Crippen LogP contribution in [-0.4, -0.2) is 26.1 Å². The van der Waals surface area contributed by atoms with E-state index in [-0.39, 0.29) is 5.91 Å². The summed E-state index contributed by atoms with van der Waals surface area (Å²) in [6, 6.07) is 16.1.